The van der Waals surface area contributed by atoms with Crippen molar-refractivity contribution in [2.24, 2.45) is 11.8 Å². The average Bonchev–Trinajstić information content (AvgIpc) is 2.58. The zero-order chi connectivity index (χ0) is 18.4. The third kappa shape index (κ3) is 5.69. The quantitative estimate of drug-likeness (QED) is 0.652. The molecule has 25 heavy (non-hydrogen) atoms. The van der Waals surface area contributed by atoms with E-state index in [9.17, 15) is 14.0 Å². The van der Waals surface area contributed by atoms with Crippen molar-refractivity contribution in [1.82, 2.24) is 5.32 Å². The second-order valence-corrected chi connectivity index (χ2v) is 6.85. The largest absolute Gasteiger partial charge is 0.449 e. The first-order valence-corrected chi connectivity index (χ1v) is 8.81. The SMILES string of the molecule is C[C@@H]1[C@@H](C)CCC[C@H]1NC(=O)[C@@H](C)OC(=O)/C=C/c1ccc(F)cc1. The molecule has 1 N–H and O–H groups in total. The third-order valence-corrected chi connectivity index (χ3v) is 4.98. The summed E-state index contributed by atoms with van der Waals surface area (Å²) in [7, 11) is 0. The summed E-state index contributed by atoms with van der Waals surface area (Å²) < 4.78 is 18.0. The van der Waals surface area contributed by atoms with Crippen LogP contribution in [0.25, 0.3) is 6.08 Å². The molecule has 0 aliphatic heterocycles. The van der Waals surface area contributed by atoms with Crippen LogP contribution in [-0.2, 0) is 14.3 Å². The van der Waals surface area contributed by atoms with Gasteiger partial charge in [-0.2, -0.15) is 0 Å². The summed E-state index contributed by atoms with van der Waals surface area (Å²) >= 11 is 0. The van der Waals surface area contributed by atoms with Gasteiger partial charge in [0.05, 0.1) is 0 Å². The predicted octanol–water partition coefficient (Wildman–Crippen LogP) is 3.71. The van der Waals surface area contributed by atoms with Crippen molar-refractivity contribution in [1.29, 1.82) is 0 Å². The van der Waals surface area contributed by atoms with Gasteiger partial charge in [0, 0.05) is 12.1 Å². The lowest BCUT2D eigenvalue weighted by atomic mass is 9.78. The van der Waals surface area contributed by atoms with Crippen molar-refractivity contribution in [3.8, 4) is 0 Å². The topological polar surface area (TPSA) is 55.4 Å². The predicted molar refractivity (Wildman–Crippen MR) is 95.1 cm³/mol. The maximum atomic E-state index is 12.8. The van der Waals surface area contributed by atoms with Crippen molar-refractivity contribution in [3.63, 3.8) is 0 Å². The highest BCUT2D eigenvalue weighted by Gasteiger charge is 2.29. The van der Waals surface area contributed by atoms with Crippen LogP contribution in [0.3, 0.4) is 0 Å². The normalized spacial score (nSPS) is 24.7. The summed E-state index contributed by atoms with van der Waals surface area (Å²) in [4.78, 5) is 24.1. The molecule has 5 heteroatoms. The lowest BCUT2D eigenvalue weighted by molar-refractivity contribution is -0.150. The van der Waals surface area contributed by atoms with E-state index in [2.05, 4.69) is 19.2 Å². The lowest BCUT2D eigenvalue weighted by Crippen LogP contribution is -2.47. The number of benzene rings is 1. The Labute approximate surface area is 148 Å². The van der Waals surface area contributed by atoms with Crippen LogP contribution in [0.2, 0.25) is 0 Å². The molecule has 0 unspecified atom stereocenters. The van der Waals surface area contributed by atoms with E-state index in [-0.39, 0.29) is 17.8 Å². The van der Waals surface area contributed by atoms with E-state index >= 15 is 0 Å². The molecule has 0 saturated heterocycles. The Balaban J connectivity index is 1.83. The molecular weight excluding hydrogens is 321 g/mol. The Hall–Kier alpha value is -2.17. The number of carbonyl (C=O) groups is 2. The minimum absolute atomic E-state index is 0.132. The number of esters is 1. The fourth-order valence-electron chi connectivity index (χ4n) is 3.09. The van der Waals surface area contributed by atoms with Crippen molar-refractivity contribution >= 4 is 18.0 Å². The first-order valence-electron chi connectivity index (χ1n) is 8.81. The number of ether oxygens (including phenoxy) is 1. The van der Waals surface area contributed by atoms with Crippen LogP contribution in [0.4, 0.5) is 4.39 Å². The third-order valence-electron chi connectivity index (χ3n) is 4.98. The molecule has 4 atom stereocenters. The van der Waals surface area contributed by atoms with E-state index in [1.807, 2.05) is 0 Å². The van der Waals surface area contributed by atoms with Gasteiger partial charge in [-0.05, 0) is 49.0 Å². The first kappa shape index (κ1) is 19.2. The number of hydrogen-bond acceptors (Lipinski definition) is 3. The van der Waals surface area contributed by atoms with Crippen LogP contribution in [0.15, 0.2) is 30.3 Å². The van der Waals surface area contributed by atoms with Gasteiger partial charge in [0.1, 0.15) is 5.82 Å². The molecule has 2 rings (SSSR count). The maximum absolute atomic E-state index is 12.8. The van der Waals surface area contributed by atoms with Crippen molar-refractivity contribution in [3.05, 3.63) is 41.7 Å². The van der Waals surface area contributed by atoms with Crippen LogP contribution < -0.4 is 5.32 Å². The number of nitrogens with one attached hydrogen (secondary N) is 1. The summed E-state index contributed by atoms with van der Waals surface area (Å²) in [5, 5.41) is 3.00. The van der Waals surface area contributed by atoms with Gasteiger partial charge >= 0.3 is 5.97 Å². The maximum Gasteiger partial charge on any atom is 0.331 e. The molecule has 0 spiro atoms. The molecule has 136 valence electrons. The molecule has 0 aromatic heterocycles. The Morgan fingerprint density at radius 1 is 1.24 bits per heavy atom. The van der Waals surface area contributed by atoms with Gasteiger partial charge in [-0.1, -0.05) is 38.8 Å². The number of hydrogen-bond donors (Lipinski definition) is 1. The second kappa shape index (κ2) is 8.79. The highest BCUT2D eigenvalue weighted by atomic mass is 19.1. The van der Waals surface area contributed by atoms with Crippen LogP contribution >= 0.6 is 0 Å². The molecule has 1 fully saturated rings. The molecule has 0 radical (unpaired) electrons. The van der Waals surface area contributed by atoms with E-state index in [4.69, 9.17) is 4.74 Å². The average molecular weight is 347 g/mol. The standard InChI is InChI=1S/C20H26FNO3/c1-13-5-4-6-18(14(13)2)22-20(24)15(3)25-19(23)12-9-16-7-10-17(21)11-8-16/h7-15,18H,4-6H2,1-3H3,(H,22,24)/b12-9+/t13-,14+,15+,18+/m0/s1. The highest BCUT2D eigenvalue weighted by molar-refractivity contribution is 5.90. The zero-order valence-electron chi connectivity index (χ0n) is 15.0. The summed E-state index contributed by atoms with van der Waals surface area (Å²) in [5.41, 5.74) is 0.681. The van der Waals surface area contributed by atoms with Gasteiger partial charge in [-0.25, -0.2) is 9.18 Å². The summed E-state index contributed by atoms with van der Waals surface area (Å²) in [6.07, 6.45) is 5.16. The Bertz CT molecular complexity index is 626. The van der Waals surface area contributed by atoms with Crippen LogP contribution in [0.1, 0.15) is 45.6 Å². The minimum Gasteiger partial charge on any atom is -0.449 e. The van der Waals surface area contributed by atoms with E-state index in [0.29, 0.717) is 17.4 Å². The smallest absolute Gasteiger partial charge is 0.331 e. The van der Waals surface area contributed by atoms with Crippen molar-refractivity contribution < 1.29 is 18.7 Å². The number of carbonyl (C=O) groups excluding carboxylic acids is 2. The Morgan fingerprint density at radius 2 is 1.92 bits per heavy atom. The fraction of sp³-hybridized carbons (Fsp3) is 0.500. The Morgan fingerprint density at radius 3 is 2.60 bits per heavy atom. The molecule has 1 saturated carbocycles. The fourth-order valence-corrected chi connectivity index (χ4v) is 3.09. The molecule has 1 aliphatic carbocycles. The van der Waals surface area contributed by atoms with Crippen molar-refractivity contribution in [2.45, 2.75) is 52.2 Å². The Kier molecular flexibility index (Phi) is 6.73. The van der Waals surface area contributed by atoms with Crippen LogP contribution in [0.5, 0.6) is 0 Å². The molecule has 1 amide bonds. The van der Waals surface area contributed by atoms with Gasteiger partial charge in [-0.3, -0.25) is 4.79 Å². The summed E-state index contributed by atoms with van der Waals surface area (Å²) in [6, 6.07) is 5.87. The number of rotatable bonds is 5. The highest BCUT2D eigenvalue weighted by Crippen LogP contribution is 2.29. The van der Waals surface area contributed by atoms with Gasteiger partial charge in [0.15, 0.2) is 6.10 Å². The second-order valence-electron chi connectivity index (χ2n) is 6.85. The first-order chi connectivity index (χ1) is 11.9. The van der Waals surface area contributed by atoms with E-state index in [1.54, 1.807) is 19.1 Å². The molecule has 1 aliphatic rings. The monoisotopic (exact) mass is 347 g/mol. The molecule has 0 bridgehead atoms. The molecule has 4 nitrogen and oxygen atoms in total. The van der Waals surface area contributed by atoms with Gasteiger partial charge in [0.2, 0.25) is 0 Å². The minimum atomic E-state index is -0.852. The summed E-state index contributed by atoms with van der Waals surface area (Å²) in [5.74, 6) is -0.211. The van der Waals surface area contributed by atoms with E-state index in [1.165, 1.54) is 30.7 Å². The van der Waals surface area contributed by atoms with E-state index < -0.39 is 12.1 Å². The van der Waals surface area contributed by atoms with Gasteiger partial charge in [0.25, 0.3) is 5.91 Å². The van der Waals surface area contributed by atoms with Gasteiger partial charge in [-0.15, -0.1) is 0 Å². The van der Waals surface area contributed by atoms with Crippen molar-refractivity contribution in [2.75, 3.05) is 0 Å². The van der Waals surface area contributed by atoms with E-state index in [0.717, 1.165) is 12.8 Å². The summed E-state index contributed by atoms with van der Waals surface area (Å²) in [6.45, 7) is 5.92. The van der Waals surface area contributed by atoms with Crippen LogP contribution in [0, 0.1) is 17.7 Å². The number of amides is 1. The molecule has 1 aromatic carbocycles. The molecule has 1 aromatic rings. The number of halogens is 1. The van der Waals surface area contributed by atoms with Crippen LogP contribution in [-0.4, -0.2) is 24.0 Å². The molecule has 0 heterocycles. The lowest BCUT2D eigenvalue weighted by Gasteiger charge is -2.35. The molecular formula is C20H26FNO3. The van der Waals surface area contributed by atoms with Gasteiger partial charge < -0.3 is 10.1 Å². The zero-order valence-corrected chi connectivity index (χ0v) is 15.0.